The van der Waals surface area contributed by atoms with Crippen LogP contribution in [0.3, 0.4) is 0 Å². The lowest BCUT2D eigenvalue weighted by Gasteiger charge is -2.40. The first-order chi connectivity index (χ1) is 15.4. The number of benzene rings is 1. The number of ether oxygens (including phenoxy) is 1. The second-order valence-electron chi connectivity index (χ2n) is 9.96. The number of hydrogen-bond acceptors (Lipinski definition) is 3. The van der Waals surface area contributed by atoms with Crippen LogP contribution in [-0.2, 0) is 11.3 Å². The summed E-state index contributed by atoms with van der Waals surface area (Å²) >= 11 is 0. The maximum absolute atomic E-state index is 12.4. The summed E-state index contributed by atoms with van der Waals surface area (Å²) in [5.74, 6) is 1.29. The third kappa shape index (κ3) is 8.63. The normalized spacial score (nSPS) is 21.3. The first-order valence-electron chi connectivity index (χ1n) is 12.2. The SMILES string of the molecule is CCNC(=NCc1cccc(NC(=O)N2CCCC2)c1)NCC1CCCOC1C(C)(C)C.I. The van der Waals surface area contributed by atoms with Crippen LogP contribution in [0.15, 0.2) is 29.3 Å². The molecular weight excluding hydrogens is 529 g/mol. The number of anilines is 1. The average Bonchev–Trinajstić information content (AvgIpc) is 3.31. The van der Waals surface area contributed by atoms with E-state index in [1.54, 1.807) is 0 Å². The average molecular weight is 572 g/mol. The largest absolute Gasteiger partial charge is 0.377 e. The highest BCUT2D eigenvalue weighted by Gasteiger charge is 2.35. The molecule has 1 aromatic rings. The zero-order valence-corrected chi connectivity index (χ0v) is 23.0. The summed E-state index contributed by atoms with van der Waals surface area (Å²) < 4.78 is 6.12. The standard InChI is InChI=1S/C25H41N5O2.HI/c1-5-26-23(28-18-20-11-9-15-32-22(20)25(2,3)4)27-17-19-10-8-12-21(16-19)29-24(31)30-13-6-7-14-30;/h8,10,12,16,20,22H,5-7,9,11,13-15,17-18H2,1-4H3,(H,29,31)(H2,26,27,28);1H. The number of nitrogens with zero attached hydrogens (tertiary/aromatic N) is 2. The molecule has 2 atom stereocenters. The van der Waals surface area contributed by atoms with Crippen molar-refractivity contribution in [3.63, 3.8) is 0 Å². The first-order valence-corrected chi connectivity index (χ1v) is 12.2. The van der Waals surface area contributed by atoms with Crippen molar-refractivity contribution in [2.24, 2.45) is 16.3 Å². The Kier molecular flexibility index (Phi) is 11.2. The number of likely N-dealkylation sites (tertiary alicyclic amines) is 1. The maximum atomic E-state index is 12.4. The Bertz CT molecular complexity index is 774. The molecule has 0 saturated carbocycles. The molecule has 2 aliphatic heterocycles. The van der Waals surface area contributed by atoms with E-state index in [9.17, 15) is 4.79 Å². The van der Waals surface area contributed by atoms with Crippen molar-refractivity contribution in [2.45, 2.75) is 66.0 Å². The zero-order valence-electron chi connectivity index (χ0n) is 20.7. The van der Waals surface area contributed by atoms with Crippen LogP contribution < -0.4 is 16.0 Å². The molecule has 2 saturated heterocycles. The number of rotatable bonds is 6. The van der Waals surface area contributed by atoms with Crippen molar-refractivity contribution in [3.8, 4) is 0 Å². The Morgan fingerprint density at radius 1 is 1.18 bits per heavy atom. The quantitative estimate of drug-likeness (QED) is 0.260. The zero-order chi connectivity index (χ0) is 23.0. The molecule has 0 radical (unpaired) electrons. The molecule has 186 valence electrons. The molecule has 3 N–H and O–H groups in total. The number of carbonyl (C=O) groups excluding carboxylic acids is 1. The van der Waals surface area contributed by atoms with Crippen LogP contribution in [0.4, 0.5) is 10.5 Å². The van der Waals surface area contributed by atoms with Gasteiger partial charge in [0.05, 0.1) is 12.6 Å². The van der Waals surface area contributed by atoms with Gasteiger partial charge in [0.1, 0.15) is 0 Å². The van der Waals surface area contributed by atoms with Gasteiger partial charge in [-0.3, -0.25) is 0 Å². The van der Waals surface area contributed by atoms with Gasteiger partial charge in [0, 0.05) is 44.4 Å². The predicted octanol–water partition coefficient (Wildman–Crippen LogP) is 4.83. The van der Waals surface area contributed by atoms with E-state index in [1.807, 2.05) is 29.2 Å². The van der Waals surface area contributed by atoms with Crippen molar-refractivity contribution in [2.75, 3.05) is 38.1 Å². The van der Waals surface area contributed by atoms with E-state index in [1.165, 1.54) is 6.42 Å². The van der Waals surface area contributed by atoms with E-state index in [-0.39, 0.29) is 41.5 Å². The van der Waals surface area contributed by atoms with Crippen LogP contribution in [0, 0.1) is 11.3 Å². The third-order valence-corrected chi connectivity index (χ3v) is 6.17. The van der Waals surface area contributed by atoms with Gasteiger partial charge in [0.25, 0.3) is 0 Å². The summed E-state index contributed by atoms with van der Waals surface area (Å²) in [4.78, 5) is 19.0. The van der Waals surface area contributed by atoms with Gasteiger partial charge in [-0.25, -0.2) is 9.79 Å². The fourth-order valence-electron chi connectivity index (χ4n) is 4.62. The monoisotopic (exact) mass is 571 g/mol. The van der Waals surface area contributed by atoms with Crippen LogP contribution in [-0.4, -0.2) is 55.8 Å². The fourth-order valence-corrected chi connectivity index (χ4v) is 4.62. The van der Waals surface area contributed by atoms with Crippen molar-refractivity contribution >= 4 is 41.7 Å². The van der Waals surface area contributed by atoms with Gasteiger partial charge < -0.3 is 25.6 Å². The smallest absolute Gasteiger partial charge is 0.321 e. The molecule has 0 aliphatic carbocycles. The third-order valence-electron chi connectivity index (χ3n) is 6.17. The van der Waals surface area contributed by atoms with Gasteiger partial charge in [-0.15, -0.1) is 24.0 Å². The Balaban J connectivity index is 0.00000385. The molecule has 0 spiro atoms. The molecule has 33 heavy (non-hydrogen) atoms. The second-order valence-corrected chi connectivity index (χ2v) is 9.96. The molecule has 2 unspecified atom stereocenters. The van der Waals surface area contributed by atoms with Crippen molar-refractivity contribution in [1.82, 2.24) is 15.5 Å². The highest BCUT2D eigenvalue weighted by atomic mass is 127. The lowest BCUT2D eigenvalue weighted by atomic mass is 9.78. The summed E-state index contributed by atoms with van der Waals surface area (Å²) in [6, 6.07) is 7.94. The van der Waals surface area contributed by atoms with Crippen molar-refractivity contribution in [3.05, 3.63) is 29.8 Å². The van der Waals surface area contributed by atoms with Crippen LogP contribution in [0.5, 0.6) is 0 Å². The topological polar surface area (TPSA) is 78.0 Å². The van der Waals surface area contributed by atoms with E-state index < -0.39 is 0 Å². The number of carbonyl (C=O) groups is 1. The molecule has 0 aromatic heterocycles. The summed E-state index contributed by atoms with van der Waals surface area (Å²) in [7, 11) is 0. The molecular formula is C25H42IN5O2. The number of urea groups is 1. The number of aliphatic imine (C=N–C) groups is 1. The van der Waals surface area contributed by atoms with Crippen LogP contribution in [0.1, 0.15) is 58.9 Å². The molecule has 2 heterocycles. The minimum Gasteiger partial charge on any atom is -0.377 e. The van der Waals surface area contributed by atoms with E-state index in [0.29, 0.717) is 12.5 Å². The predicted molar refractivity (Wildman–Crippen MR) is 146 cm³/mol. The Morgan fingerprint density at radius 2 is 1.94 bits per heavy atom. The molecule has 1 aromatic carbocycles. The number of halogens is 1. The summed E-state index contributed by atoms with van der Waals surface area (Å²) in [5, 5.41) is 9.90. The van der Waals surface area contributed by atoms with Crippen molar-refractivity contribution in [1.29, 1.82) is 0 Å². The highest BCUT2D eigenvalue weighted by Crippen LogP contribution is 2.33. The summed E-state index contributed by atoms with van der Waals surface area (Å²) in [5.41, 5.74) is 2.01. The lowest BCUT2D eigenvalue weighted by molar-refractivity contribution is -0.0835. The van der Waals surface area contributed by atoms with E-state index in [4.69, 9.17) is 9.73 Å². The molecule has 7 nitrogen and oxygen atoms in total. The molecule has 2 amide bonds. The van der Waals surface area contributed by atoms with Crippen LogP contribution in [0.25, 0.3) is 0 Å². The van der Waals surface area contributed by atoms with Gasteiger partial charge in [0.2, 0.25) is 0 Å². The Hall–Kier alpha value is -1.55. The molecule has 2 fully saturated rings. The summed E-state index contributed by atoms with van der Waals surface area (Å²) in [6.07, 6.45) is 4.72. The number of amides is 2. The van der Waals surface area contributed by atoms with Gasteiger partial charge in [0.15, 0.2) is 5.96 Å². The van der Waals surface area contributed by atoms with E-state index in [0.717, 1.165) is 69.3 Å². The molecule has 2 aliphatic rings. The minimum absolute atomic E-state index is 0. The Morgan fingerprint density at radius 3 is 2.64 bits per heavy atom. The van der Waals surface area contributed by atoms with Gasteiger partial charge in [-0.05, 0) is 55.7 Å². The lowest BCUT2D eigenvalue weighted by Crippen LogP contribution is -2.47. The van der Waals surface area contributed by atoms with Crippen molar-refractivity contribution < 1.29 is 9.53 Å². The first kappa shape index (κ1) is 27.7. The second kappa shape index (κ2) is 13.4. The number of guanidine groups is 1. The molecule has 3 rings (SSSR count). The highest BCUT2D eigenvalue weighted by molar-refractivity contribution is 14.0. The molecule has 0 bridgehead atoms. The summed E-state index contributed by atoms with van der Waals surface area (Å²) in [6.45, 7) is 13.6. The van der Waals surface area contributed by atoms with Gasteiger partial charge >= 0.3 is 6.03 Å². The van der Waals surface area contributed by atoms with E-state index in [2.05, 4.69) is 43.6 Å². The van der Waals surface area contributed by atoms with Crippen LogP contribution in [0.2, 0.25) is 0 Å². The maximum Gasteiger partial charge on any atom is 0.321 e. The number of nitrogens with one attached hydrogen (secondary N) is 3. The van der Waals surface area contributed by atoms with Crippen LogP contribution >= 0.6 is 24.0 Å². The van der Waals surface area contributed by atoms with Gasteiger partial charge in [-0.2, -0.15) is 0 Å². The minimum atomic E-state index is -0.0127. The van der Waals surface area contributed by atoms with Gasteiger partial charge in [-0.1, -0.05) is 32.9 Å². The fraction of sp³-hybridized carbons (Fsp3) is 0.680. The van der Waals surface area contributed by atoms with E-state index >= 15 is 0 Å². The Labute approximate surface area is 216 Å². The molecule has 8 heteroatoms. The number of hydrogen-bond donors (Lipinski definition) is 3.